The van der Waals surface area contributed by atoms with E-state index in [2.05, 4.69) is 10.2 Å². The number of rotatable bonds is 7. The van der Waals surface area contributed by atoms with E-state index in [1.165, 1.54) is 11.3 Å². The summed E-state index contributed by atoms with van der Waals surface area (Å²) in [6.45, 7) is 3.21. The third-order valence-electron chi connectivity index (χ3n) is 4.29. The van der Waals surface area contributed by atoms with E-state index in [-0.39, 0.29) is 18.4 Å². The monoisotopic (exact) mass is 296 g/mol. The quantitative estimate of drug-likeness (QED) is 0.681. The number of nitrogens with two attached hydrogens (primary N) is 1. The summed E-state index contributed by atoms with van der Waals surface area (Å²) in [6, 6.07) is 0.347. The van der Waals surface area contributed by atoms with Gasteiger partial charge >= 0.3 is 0 Å². The van der Waals surface area contributed by atoms with Crippen LogP contribution in [-0.4, -0.2) is 67.4 Å². The minimum atomic E-state index is -0.0481. The molecule has 6 heteroatoms. The van der Waals surface area contributed by atoms with Crippen molar-refractivity contribution in [1.29, 1.82) is 0 Å². The van der Waals surface area contributed by atoms with Crippen molar-refractivity contribution in [3.63, 3.8) is 0 Å². The number of hydrogen-bond acceptors (Lipinski definition) is 4. The van der Waals surface area contributed by atoms with Crippen molar-refractivity contribution in [2.24, 2.45) is 11.7 Å². The Bertz CT molecular complexity index is 369. The topological polar surface area (TPSA) is 78.7 Å². The fraction of sp³-hybridized carbons (Fsp3) is 0.867. The Morgan fingerprint density at radius 3 is 2.76 bits per heavy atom. The maximum Gasteiger partial charge on any atom is 0.239 e. The Hall–Kier alpha value is -1.14. The number of amides is 2. The Morgan fingerprint density at radius 1 is 1.33 bits per heavy atom. The largest absolute Gasteiger partial charge is 0.352 e. The molecule has 120 valence electrons. The summed E-state index contributed by atoms with van der Waals surface area (Å²) in [5.74, 6) is 0.586. The van der Waals surface area contributed by atoms with Gasteiger partial charge in [-0.3, -0.25) is 14.5 Å². The van der Waals surface area contributed by atoms with Crippen molar-refractivity contribution in [3.05, 3.63) is 0 Å². The fourth-order valence-electron chi connectivity index (χ4n) is 2.88. The molecule has 0 aromatic heterocycles. The van der Waals surface area contributed by atoms with Crippen LogP contribution in [0.4, 0.5) is 0 Å². The maximum absolute atomic E-state index is 12.2. The molecule has 1 atom stereocenters. The molecule has 1 heterocycles. The molecule has 2 rings (SSSR count). The summed E-state index contributed by atoms with van der Waals surface area (Å²) in [5, 5.41) is 2.91. The van der Waals surface area contributed by atoms with Crippen LogP contribution < -0.4 is 11.1 Å². The second-order valence-corrected chi connectivity index (χ2v) is 6.41. The molecule has 1 unspecified atom stereocenters. The van der Waals surface area contributed by atoms with Gasteiger partial charge in [-0.25, -0.2) is 0 Å². The van der Waals surface area contributed by atoms with Crippen LogP contribution in [0.5, 0.6) is 0 Å². The highest BCUT2D eigenvalue weighted by atomic mass is 16.2. The SMILES string of the molecule is CN(CC(=O)NC1CC1)C(=O)CN1CCCC(CCN)C1. The molecular weight excluding hydrogens is 268 g/mol. The zero-order chi connectivity index (χ0) is 15.2. The van der Waals surface area contributed by atoms with Gasteiger partial charge in [0.05, 0.1) is 13.1 Å². The third kappa shape index (κ3) is 5.63. The molecule has 6 nitrogen and oxygen atoms in total. The number of nitrogens with one attached hydrogen (secondary N) is 1. The normalized spacial score (nSPS) is 22.9. The first-order chi connectivity index (χ1) is 10.1. The molecule has 1 aliphatic carbocycles. The lowest BCUT2D eigenvalue weighted by molar-refractivity contribution is -0.136. The highest BCUT2D eigenvalue weighted by Crippen LogP contribution is 2.19. The van der Waals surface area contributed by atoms with Crippen LogP contribution in [-0.2, 0) is 9.59 Å². The number of carbonyl (C=O) groups excluding carboxylic acids is 2. The second kappa shape index (κ2) is 7.75. The first-order valence-electron chi connectivity index (χ1n) is 8.04. The molecule has 0 aromatic carbocycles. The zero-order valence-corrected chi connectivity index (χ0v) is 13.0. The summed E-state index contributed by atoms with van der Waals surface area (Å²) >= 11 is 0. The molecule has 0 radical (unpaired) electrons. The van der Waals surface area contributed by atoms with Gasteiger partial charge in [0.25, 0.3) is 0 Å². The smallest absolute Gasteiger partial charge is 0.239 e. The molecule has 2 amide bonds. The van der Waals surface area contributed by atoms with Crippen molar-refractivity contribution >= 4 is 11.8 Å². The number of likely N-dealkylation sites (tertiary alicyclic amines) is 1. The number of carbonyl (C=O) groups is 2. The molecule has 1 saturated heterocycles. The summed E-state index contributed by atoms with van der Waals surface area (Å²) in [6.07, 6.45) is 5.51. The first kappa shape index (κ1) is 16.2. The molecular formula is C15H28N4O2. The van der Waals surface area contributed by atoms with Gasteiger partial charge in [0.1, 0.15) is 0 Å². The number of nitrogens with zero attached hydrogens (tertiary/aromatic N) is 2. The molecule has 3 N–H and O–H groups in total. The van der Waals surface area contributed by atoms with E-state index in [1.54, 1.807) is 7.05 Å². The average Bonchev–Trinajstić information content (AvgIpc) is 3.23. The van der Waals surface area contributed by atoms with E-state index in [0.717, 1.165) is 38.8 Å². The first-order valence-corrected chi connectivity index (χ1v) is 8.04. The van der Waals surface area contributed by atoms with Gasteiger partial charge in [-0.2, -0.15) is 0 Å². The molecule has 0 aromatic rings. The molecule has 1 saturated carbocycles. The van der Waals surface area contributed by atoms with Crippen LogP contribution >= 0.6 is 0 Å². The lowest BCUT2D eigenvalue weighted by Crippen LogP contribution is -2.46. The maximum atomic E-state index is 12.2. The van der Waals surface area contributed by atoms with Crippen molar-refractivity contribution in [3.8, 4) is 0 Å². The van der Waals surface area contributed by atoms with Gasteiger partial charge in [-0.15, -0.1) is 0 Å². The standard InChI is InChI=1S/C15H28N4O2/c1-18(10-14(20)17-13-4-5-13)15(21)11-19-8-2-3-12(9-19)6-7-16/h12-13H,2-11,16H2,1H3,(H,17,20). The zero-order valence-electron chi connectivity index (χ0n) is 13.0. The number of hydrogen-bond donors (Lipinski definition) is 2. The molecule has 2 aliphatic rings. The van der Waals surface area contributed by atoms with Crippen LogP contribution in [0.1, 0.15) is 32.1 Å². The van der Waals surface area contributed by atoms with E-state index >= 15 is 0 Å². The fourth-order valence-corrected chi connectivity index (χ4v) is 2.88. The van der Waals surface area contributed by atoms with Gasteiger partial charge < -0.3 is 16.0 Å². The molecule has 1 aliphatic heterocycles. The Kier molecular flexibility index (Phi) is 5.99. The van der Waals surface area contributed by atoms with Crippen LogP contribution in [0.15, 0.2) is 0 Å². The third-order valence-corrected chi connectivity index (χ3v) is 4.29. The van der Waals surface area contributed by atoms with Crippen LogP contribution in [0.25, 0.3) is 0 Å². The summed E-state index contributed by atoms with van der Waals surface area (Å²) in [5.41, 5.74) is 5.62. The van der Waals surface area contributed by atoms with E-state index in [4.69, 9.17) is 5.73 Å². The van der Waals surface area contributed by atoms with E-state index < -0.39 is 0 Å². The van der Waals surface area contributed by atoms with Gasteiger partial charge in [-0.1, -0.05) is 0 Å². The minimum absolute atomic E-state index is 0.0225. The summed E-state index contributed by atoms with van der Waals surface area (Å²) in [4.78, 5) is 27.6. The van der Waals surface area contributed by atoms with Crippen LogP contribution in [0.2, 0.25) is 0 Å². The van der Waals surface area contributed by atoms with E-state index in [0.29, 0.717) is 25.0 Å². The minimum Gasteiger partial charge on any atom is -0.352 e. The second-order valence-electron chi connectivity index (χ2n) is 6.41. The number of piperidine rings is 1. The summed E-state index contributed by atoms with van der Waals surface area (Å²) < 4.78 is 0. The molecule has 21 heavy (non-hydrogen) atoms. The Balaban J connectivity index is 1.70. The van der Waals surface area contributed by atoms with Gasteiger partial charge in [-0.05, 0) is 51.1 Å². The molecule has 0 spiro atoms. The van der Waals surface area contributed by atoms with Crippen molar-refractivity contribution in [2.45, 2.75) is 38.1 Å². The highest BCUT2D eigenvalue weighted by molar-refractivity contribution is 5.85. The van der Waals surface area contributed by atoms with Crippen LogP contribution in [0, 0.1) is 5.92 Å². The summed E-state index contributed by atoms with van der Waals surface area (Å²) in [7, 11) is 1.70. The van der Waals surface area contributed by atoms with Crippen molar-refractivity contribution in [1.82, 2.24) is 15.1 Å². The number of likely N-dealkylation sites (N-methyl/N-ethyl adjacent to an activating group) is 1. The predicted octanol–water partition coefficient (Wildman–Crippen LogP) is -0.216. The van der Waals surface area contributed by atoms with E-state index in [1.807, 2.05) is 0 Å². The Labute approximate surface area is 127 Å². The lowest BCUT2D eigenvalue weighted by Gasteiger charge is -2.33. The molecule has 0 bridgehead atoms. The predicted molar refractivity (Wildman–Crippen MR) is 81.6 cm³/mol. The van der Waals surface area contributed by atoms with Crippen molar-refractivity contribution in [2.75, 3.05) is 39.8 Å². The van der Waals surface area contributed by atoms with Gasteiger partial charge in [0.15, 0.2) is 0 Å². The lowest BCUT2D eigenvalue weighted by atomic mass is 9.95. The molecule has 2 fully saturated rings. The van der Waals surface area contributed by atoms with Crippen molar-refractivity contribution < 1.29 is 9.59 Å². The Morgan fingerprint density at radius 2 is 2.10 bits per heavy atom. The van der Waals surface area contributed by atoms with E-state index in [9.17, 15) is 9.59 Å². The van der Waals surface area contributed by atoms with Crippen LogP contribution in [0.3, 0.4) is 0 Å². The van der Waals surface area contributed by atoms with Gasteiger partial charge in [0.2, 0.25) is 11.8 Å². The van der Waals surface area contributed by atoms with Gasteiger partial charge in [0, 0.05) is 19.6 Å². The highest BCUT2D eigenvalue weighted by Gasteiger charge is 2.25. The average molecular weight is 296 g/mol.